The van der Waals surface area contributed by atoms with Crippen molar-refractivity contribution in [2.45, 2.75) is 91.9 Å². The first-order valence-corrected chi connectivity index (χ1v) is 11.0. The van der Waals surface area contributed by atoms with Gasteiger partial charge in [0.1, 0.15) is 0 Å². The summed E-state index contributed by atoms with van der Waals surface area (Å²) >= 11 is 0. The summed E-state index contributed by atoms with van der Waals surface area (Å²) < 4.78 is 0. The van der Waals surface area contributed by atoms with E-state index in [0.29, 0.717) is 5.41 Å². The summed E-state index contributed by atoms with van der Waals surface area (Å²) in [5, 5.41) is 0. The van der Waals surface area contributed by atoms with E-state index >= 15 is 0 Å². The smallest absolute Gasteiger partial charge is 0.0264 e. The monoisotopic (exact) mass is 316 g/mol. The maximum absolute atomic E-state index is 2.72. The van der Waals surface area contributed by atoms with Gasteiger partial charge in [0.25, 0.3) is 0 Å². The van der Waals surface area contributed by atoms with Gasteiger partial charge in [0, 0.05) is 0 Å². The lowest BCUT2D eigenvalue weighted by Gasteiger charge is -2.56. The quantitative estimate of drug-likeness (QED) is 0.517. The van der Waals surface area contributed by atoms with Gasteiger partial charge in [-0.3, -0.25) is 0 Å². The second-order valence-electron chi connectivity index (χ2n) is 10.5. The van der Waals surface area contributed by atoms with Gasteiger partial charge in [0.2, 0.25) is 0 Å². The highest BCUT2D eigenvalue weighted by molar-refractivity contribution is 5.06. The van der Waals surface area contributed by atoms with Crippen molar-refractivity contribution < 1.29 is 0 Å². The number of hydrogen-bond donors (Lipinski definition) is 0. The molecule has 0 aromatic heterocycles. The molecule has 0 radical (unpaired) electrons. The zero-order chi connectivity index (χ0) is 16.2. The van der Waals surface area contributed by atoms with Crippen molar-refractivity contribution in [3.05, 3.63) is 0 Å². The van der Waals surface area contributed by atoms with Gasteiger partial charge in [-0.25, -0.2) is 0 Å². The third-order valence-electron chi connectivity index (χ3n) is 9.62. The van der Waals surface area contributed by atoms with Crippen LogP contribution < -0.4 is 0 Å². The summed E-state index contributed by atoms with van der Waals surface area (Å²) in [4.78, 5) is 0. The minimum Gasteiger partial charge on any atom is -0.0651 e. The zero-order valence-corrected chi connectivity index (χ0v) is 16.2. The van der Waals surface area contributed by atoms with E-state index < -0.39 is 0 Å². The molecule has 0 saturated heterocycles. The molecular formula is C23H40. The highest BCUT2D eigenvalue weighted by Gasteiger charge is 2.57. The van der Waals surface area contributed by atoms with Crippen molar-refractivity contribution in [1.82, 2.24) is 0 Å². The SMILES string of the molecule is CCC(C)C1CCC2C3CCC4CC(C)CCC4C3CCC12C. The van der Waals surface area contributed by atoms with E-state index in [4.69, 9.17) is 0 Å². The molecule has 0 aromatic carbocycles. The standard InChI is InChI=1S/C23H40/c1-5-16(3)21-10-11-22-20-9-7-17-14-15(2)6-8-18(17)19(20)12-13-23(21,22)4/h15-22H,5-14H2,1-4H3. The van der Waals surface area contributed by atoms with Gasteiger partial charge in [-0.05, 0) is 104 Å². The Kier molecular flexibility index (Phi) is 4.34. The maximum Gasteiger partial charge on any atom is -0.0264 e. The summed E-state index contributed by atoms with van der Waals surface area (Å²) in [6.45, 7) is 10.2. The Morgan fingerprint density at radius 2 is 1.70 bits per heavy atom. The molecule has 4 saturated carbocycles. The number of fused-ring (bicyclic) bond motifs is 5. The third kappa shape index (κ3) is 2.53. The Hall–Kier alpha value is 0. The molecule has 0 heteroatoms. The molecule has 23 heavy (non-hydrogen) atoms. The van der Waals surface area contributed by atoms with Crippen molar-refractivity contribution in [3.63, 3.8) is 0 Å². The third-order valence-corrected chi connectivity index (χ3v) is 9.62. The first kappa shape index (κ1) is 16.5. The topological polar surface area (TPSA) is 0 Å². The Morgan fingerprint density at radius 3 is 2.48 bits per heavy atom. The zero-order valence-electron chi connectivity index (χ0n) is 16.2. The van der Waals surface area contributed by atoms with Crippen LogP contribution in [0, 0.1) is 52.8 Å². The molecule has 4 rings (SSSR count). The molecule has 0 nitrogen and oxygen atoms in total. The average molecular weight is 317 g/mol. The second-order valence-corrected chi connectivity index (χ2v) is 10.5. The van der Waals surface area contributed by atoms with Gasteiger partial charge < -0.3 is 0 Å². The molecule has 0 bridgehead atoms. The van der Waals surface area contributed by atoms with Gasteiger partial charge >= 0.3 is 0 Å². The van der Waals surface area contributed by atoms with Crippen LogP contribution in [0.1, 0.15) is 91.9 Å². The second kappa shape index (κ2) is 6.06. The molecule has 9 unspecified atom stereocenters. The fraction of sp³-hybridized carbons (Fsp3) is 1.00. The van der Waals surface area contributed by atoms with E-state index in [-0.39, 0.29) is 0 Å². The minimum atomic E-state index is 0.700. The van der Waals surface area contributed by atoms with Crippen molar-refractivity contribution in [1.29, 1.82) is 0 Å². The summed E-state index contributed by atoms with van der Waals surface area (Å²) in [5.41, 5.74) is 0.700. The van der Waals surface area contributed by atoms with Crippen LogP contribution in [0.5, 0.6) is 0 Å². The highest BCUT2D eigenvalue weighted by Crippen LogP contribution is 2.65. The summed E-state index contributed by atoms with van der Waals surface area (Å²) in [6.07, 6.45) is 15.5. The van der Waals surface area contributed by atoms with Crippen LogP contribution in [0.25, 0.3) is 0 Å². The minimum absolute atomic E-state index is 0.700. The average Bonchev–Trinajstić information content (AvgIpc) is 2.90. The molecule has 0 amide bonds. The molecule has 9 atom stereocenters. The van der Waals surface area contributed by atoms with E-state index in [1.54, 1.807) is 51.4 Å². The van der Waals surface area contributed by atoms with Gasteiger partial charge in [-0.15, -0.1) is 0 Å². The van der Waals surface area contributed by atoms with Crippen molar-refractivity contribution in [3.8, 4) is 0 Å². The van der Waals surface area contributed by atoms with Gasteiger partial charge in [-0.2, -0.15) is 0 Å². The lowest BCUT2D eigenvalue weighted by atomic mass is 9.49. The van der Waals surface area contributed by atoms with Crippen molar-refractivity contribution in [2.24, 2.45) is 52.8 Å². The lowest BCUT2D eigenvalue weighted by Crippen LogP contribution is -2.49. The van der Waals surface area contributed by atoms with Crippen LogP contribution in [0.3, 0.4) is 0 Å². The Labute approximate surface area is 145 Å². The molecule has 0 N–H and O–H groups in total. The first-order valence-electron chi connectivity index (χ1n) is 11.0. The van der Waals surface area contributed by atoms with Crippen LogP contribution in [0.15, 0.2) is 0 Å². The maximum atomic E-state index is 2.72. The molecule has 0 spiro atoms. The number of hydrogen-bond acceptors (Lipinski definition) is 0. The molecule has 4 aliphatic carbocycles. The molecule has 132 valence electrons. The van der Waals surface area contributed by atoms with Crippen molar-refractivity contribution in [2.75, 3.05) is 0 Å². The highest BCUT2D eigenvalue weighted by atomic mass is 14.6. The Bertz CT molecular complexity index is 426. The van der Waals surface area contributed by atoms with Crippen LogP contribution in [0.4, 0.5) is 0 Å². The summed E-state index contributed by atoms with van der Waals surface area (Å²) in [5.74, 6) is 8.54. The Balaban J connectivity index is 1.54. The first-order chi connectivity index (χ1) is 11.0. The Morgan fingerprint density at radius 1 is 0.913 bits per heavy atom. The fourth-order valence-corrected chi connectivity index (χ4v) is 8.35. The lowest BCUT2D eigenvalue weighted by molar-refractivity contribution is -0.0729. The molecular weight excluding hydrogens is 276 g/mol. The largest absolute Gasteiger partial charge is 0.0651 e. The predicted octanol–water partition coefficient (Wildman–Crippen LogP) is 6.94. The van der Waals surface area contributed by atoms with Gasteiger partial charge in [0.15, 0.2) is 0 Å². The number of rotatable bonds is 2. The van der Waals surface area contributed by atoms with Crippen LogP contribution in [-0.4, -0.2) is 0 Å². The molecule has 0 aliphatic heterocycles. The van der Waals surface area contributed by atoms with E-state index in [1.807, 2.05) is 0 Å². The molecule has 4 fully saturated rings. The van der Waals surface area contributed by atoms with Crippen LogP contribution in [0.2, 0.25) is 0 Å². The fourth-order valence-electron chi connectivity index (χ4n) is 8.35. The van der Waals surface area contributed by atoms with E-state index in [9.17, 15) is 0 Å². The van der Waals surface area contributed by atoms with Gasteiger partial charge in [0.05, 0.1) is 0 Å². The van der Waals surface area contributed by atoms with E-state index in [0.717, 1.165) is 47.3 Å². The predicted molar refractivity (Wildman–Crippen MR) is 99.2 cm³/mol. The van der Waals surface area contributed by atoms with E-state index in [2.05, 4.69) is 27.7 Å². The van der Waals surface area contributed by atoms with Crippen LogP contribution in [-0.2, 0) is 0 Å². The van der Waals surface area contributed by atoms with E-state index in [1.165, 1.54) is 12.8 Å². The summed E-state index contributed by atoms with van der Waals surface area (Å²) in [6, 6.07) is 0. The molecule has 4 aliphatic rings. The summed E-state index contributed by atoms with van der Waals surface area (Å²) in [7, 11) is 0. The molecule has 0 heterocycles. The van der Waals surface area contributed by atoms with Crippen molar-refractivity contribution >= 4 is 0 Å². The van der Waals surface area contributed by atoms with Crippen LogP contribution >= 0.6 is 0 Å². The normalized spacial score (nSPS) is 54.0. The molecule has 0 aromatic rings. The van der Waals surface area contributed by atoms with Gasteiger partial charge in [-0.1, -0.05) is 40.5 Å².